The molecule has 2 heterocycles. The van der Waals surface area contributed by atoms with Crippen molar-refractivity contribution in [1.82, 2.24) is 4.57 Å². The van der Waals surface area contributed by atoms with E-state index in [2.05, 4.69) is 126 Å². The molecule has 0 radical (unpaired) electrons. The number of nitrogens with zero attached hydrogens (tertiary/aromatic N) is 2. The molecule has 0 fully saturated rings. The third-order valence-corrected chi connectivity index (χ3v) is 12.6. The summed E-state index contributed by atoms with van der Waals surface area (Å²) in [5.41, 5.74) is 8.92. The van der Waals surface area contributed by atoms with Crippen LogP contribution in [0.2, 0.25) is 0 Å². The monoisotopic (exact) mass is 618 g/mol. The lowest BCUT2D eigenvalue weighted by Gasteiger charge is -2.23. The van der Waals surface area contributed by atoms with Crippen LogP contribution >= 0.6 is 7.14 Å². The van der Waals surface area contributed by atoms with Crippen LogP contribution in [-0.2, 0) is 4.57 Å². The van der Waals surface area contributed by atoms with E-state index in [1.807, 2.05) is 48.5 Å². The van der Waals surface area contributed by atoms with Gasteiger partial charge in [-0.15, -0.1) is 0 Å². The van der Waals surface area contributed by atoms with Gasteiger partial charge in [0.25, 0.3) is 0 Å². The highest BCUT2D eigenvalue weighted by Crippen LogP contribution is 2.54. The third-order valence-electron chi connectivity index (χ3n) is 9.43. The number of aromatic nitrogens is 1. The van der Waals surface area contributed by atoms with E-state index in [9.17, 15) is 5.26 Å². The van der Waals surface area contributed by atoms with E-state index in [1.54, 1.807) is 0 Å². The lowest BCUT2D eigenvalue weighted by Crippen LogP contribution is -2.26. The molecule has 0 spiro atoms. The van der Waals surface area contributed by atoms with Gasteiger partial charge in [0.05, 0.1) is 22.8 Å². The number of nitriles is 1. The van der Waals surface area contributed by atoms with Crippen LogP contribution < -0.4 is 15.9 Å². The average Bonchev–Trinajstić information content (AvgIpc) is 3.45. The second-order valence-corrected chi connectivity index (χ2v) is 14.7. The van der Waals surface area contributed by atoms with Gasteiger partial charge in [0.1, 0.15) is 0 Å². The maximum Gasteiger partial charge on any atom is 0.172 e. The Morgan fingerprint density at radius 1 is 0.553 bits per heavy atom. The van der Waals surface area contributed by atoms with Gasteiger partial charge in [-0.3, -0.25) is 0 Å². The Labute approximate surface area is 273 Å². The molecule has 4 heteroatoms. The molecule has 0 saturated carbocycles. The molecule has 1 aliphatic heterocycles. The van der Waals surface area contributed by atoms with Crippen LogP contribution in [0.3, 0.4) is 0 Å². The summed E-state index contributed by atoms with van der Waals surface area (Å²) in [6, 6.07) is 58.1. The van der Waals surface area contributed by atoms with Crippen molar-refractivity contribution in [3.8, 4) is 45.3 Å². The van der Waals surface area contributed by atoms with Gasteiger partial charge in [-0.2, -0.15) is 5.26 Å². The predicted octanol–water partition coefficient (Wildman–Crippen LogP) is 9.61. The summed E-state index contributed by atoms with van der Waals surface area (Å²) in [5.74, 6) is 0. The fraction of sp³-hybridized carbons (Fsp3) is 0. The molecule has 0 N–H and O–H groups in total. The number of fused-ring (bicyclic) bond motifs is 8. The zero-order valence-electron chi connectivity index (χ0n) is 25.3. The molecule has 0 bridgehead atoms. The van der Waals surface area contributed by atoms with Gasteiger partial charge < -0.3 is 9.13 Å². The quantitative estimate of drug-likeness (QED) is 0.185. The minimum Gasteiger partial charge on any atom is -0.309 e. The van der Waals surface area contributed by atoms with E-state index in [0.29, 0.717) is 5.56 Å². The van der Waals surface area contributed by atoms with Crippen molar-refractivity contribution in [1.29, 1.82) is 5.26 Å². The van der Waals surface area contributed by atoms with Crippen molar-refractivity contribution in [2.24, 2.45) is 0 Å². The van der Waals surface area contributed by atoms with Crippen molar-refractivity contribution in [3.05, 3.63) is 169 Å². The maximum absolute atomic E-state index is 16.2. The van der Waals surface area contributed by atoms with Crippen LogP contribution in [0.5, 0.6) is 0 Å². The Hall–Kier alpha value is -5.94. The molecule has 9 rings (SSSR count). The Balaban J connectivity index is 1.38. The zero-order chi connectivity index (χ0) is 31.5. The minimum atomic E-state index is -3.34. The van der Waals surface area contributed by atoms with Crippen molar-refractivity contribution in [2.75, 3.05) is 0 Å². The highest BCUT2D eigenvalue weighted by Gasteiger charge is 2.39. The minimum absolute atomic E-state index is 0.637. The van der Waals surface area contributed by atoms with E-state index in [4.69, 9.17) is 0 Å². The lowest BCUT2D eigenvalue weighted by molar-refractivity contribution is 0.592. The molecule has 7 aromatic carbocycles. The third kappa shape index (κ3) is 4.09. The van der Waals surface area contributed by atoms with E-state index in [1.165, 1.54) is 0 Å². The fourth-order valence-corrected chi connectivity index (χ4v) is 10.3. The average molecular weight is 619 g/mol. The van der Waals surface area contributed by atoms with Crippen LogP contribution in [0.15, 0.2) is 164 Å². The standard InChI is InChI=1S/C43H27N2OP/c44-28-29-20-22-31(23-21-29)32-12-9-13-34(26-32)45-39-17-6-3-14-36(39)42-37-15-4-7-18-40(37)47(46,41-19-8-5-16-38(41)43(42)45)35-25-24-30-10-1-2-11-33(30)27-35/h1-27H. The molecule has 0 aliphatic carbocycles. The molecule has 1 aliphatic rings. The van der Waals surface area contributed by atoms with E-state index in [-0.39, 0.29) is 0 Å². The van der Waals surface area contributed by atoms with Crippen LogP contribution in [-0.4, -0.2) is 4.57 Å². The van der Waals surface area contributed by atoms with Gasteiger partial charge in [-0.05, 0) is 63.9 Å². The second-order valence-electron chi connectivity index (χ2n) is 12.0. The highest BCUT2D eigenvalue weighted by molar-refractivity contribution is 7.85. The molecule has 47 heavy (non-hydrogen) atoms. The summed E-state index contributed by atoms with van der Waals surface area (Å²) < 4.78 is 18.5. The number of benzene rings is 7. The van der Waals surface area contributed by atoms with Crippen molar-refractivity contribution in [2.45, 2.75) is 0 Å². The van der Waals surface area contributed by atoms with Gasteiger partial charge >= 0.3 is 0 Å². The largest absolute Gasteiger partial charge is 0.309 e. The molecule has 0 amide bonds. The topological polar surface area (TPSA) is 45.8 Å². The van der Waals surface area contributed by atoms with Crippen molar-refractivity contribution in [3.63, 3.8) is 0 Å². The molecule has 1 atom stereocenters. The first-order chi connectivity index (χ1) is 23.1. The molecule has 1 aromatic heterocycles. The molecule has 1 unspecified atom stereocenters. The number of para-hydroxylation sites is 1. The second kappa shape index (κ2) is 10.6. The van der Waals surface area contributed by atoms with Crippen LogP contribution in [0.25, 0.3) is 60.9 Å². The molecule has 220 valence electrons. The van der Waals surface area contributed by atoms with Crippen LogP contribution in [0, 0.1) is 11.3 Å². The Kier molecular flexibility index (Phi) is 6.15. The Bertz CT molecular complexity index is 2620. The predicted molar refractivity (Wildman–Crippen MR) is 195 cm³/mol. The van der Waals surface area contributed by atoms with Crippen LogP contribution in [0.4, 0.5) is 0 Å². The molecule has 3 nitrogen and oxygen atoms in total. The van der Waals surface area contributed by atoms with Gasteiger partial charge in [0, 0.05) is 38.1 Å². The SMILES string of the molecule is N#Cc1ccc(-c2cccc(-n3c4c(c5ccccc53)-c3ccccc3P(=O)(c3ccc5ccccc5c3)c3ccccc3-4)c2)cc1. The highest BCUT2D eigenvalue weighted by atomic mass is 31.2. The molecular formula is C43H27N2OP. The van der Waals surface area contributed by atoms with Crippen molar-refractivity contribution < 1.29 is 4.57 Å². The Morgan fingerprint density at radius 3 is 2.04 bits per heavy atom. The van der Waals surface area contributed by atoms with Gasteiger partial charge in [-0.1, -0.05) is 127 Å². The molecule has 0 saturated heterocycles. The van der Waals surface area contributed by atoms with E-state index in [0.717, 1.165) is 76.8 Å². The lowest BCUT2D eigenvalue weighted by atomic mass is 9.98. The number of rotatable bonds is 3. The smallest absolute Gasteiger partial charge is 0.172 e. The van der Waals surface area contributed by atoms with Crippen molar-refractivity contribution >= 4 is 44.7 Å². The van der Waals surface area contributed by atoms with Crippen LogP contribution in [0.1, 0.15) is 5.56 Å². The normalized spacial score (nSPS) is 15.0. The summed E-state index contributed by atoms with van der Waals surface area (Å²) in [7, 11) is -3.34. The fourth-order valence-electron chi connectivity index (χ4n) is 7.29. The molecular weight excluding hydrogens is 591 g/mol. The summed E-state index contributed by atoms with van der Waals surface area (Å²) in [6.45, 7) is 0. The first-order valence-corrected chi connectivity index (χ1v) is 17.4. The summed E-state index contributed by atoms with van der Waals surface area (Å²) in [6.07, 6.45) is 0. The van der Waals surface area contributed by atoms with E-state index >= 15 is 4.57 Å². The van der Waals surface area contributed by atoms with Gasteiger partial charge in [0.2, 0.25) is 0 Å². The Morgan fingerprint density at radius 2 is 1.23 bits per heavy atom. The number of hydrogen-bond donors (Lipinski definition) is 0. The first-order valence-electron chi connectivity index (χ1n) is 15.7. The number of hydrogen-bond acceptors (Lipinski definition) is 2. The van der Waals surface area contributed by atoms with E-state index < -0.39 is 7.14 Å². The molecule has 8 aromatic rings. The maximum atomic E-state index is 16.2. The van der Waals surface area contributed by atoms with Gasteiger partial charge in [-0.25, -0.2) is 0 Å². The zero-order valence-corrected chi connectivity index (χ0v) is 26.2. The summed E-state index contributed by atoms with van der Waals surface area (Å²) in [4.78, 5) is 0. The summed E-state index contributed by atoms with van der Waals surface area (Å²) in [5, 5.41) is 15.2. The first kappa shape index (κ1) is 27.4. The summed E-state index contributed by atoms with van der Waals surface area (Å²) >= 11 is 0. The van der Waals surface area contributed by atoms with Gasteiger partial charge in [0.15, 0.2) is 7.14 Å².